The van der Waals surface area contributed by atoms with E-state index in [0.29, 0.717) is 11.5 Å². The highest BCUT2D eigenvalue weighted by Gasteiger charge is 2.44. The molecule has 0 bridgehead atoms. The minimum Gasteiger partial charge on any atom is -0.312 e. The maximum Gasteiger partial charge on any atom is 0.0274 e. The Bertz CT molecular complexity index is 283. The van der Waals surface area contributed by atoms with E-state index in [0.717, 1.165) is 12.1 Å². The fraction of sp³-hybridized carbons (Fsp3) is 1.00. The minimum absolute atomic E-state index is 0.456. The molecule has 2 saturated carbocycles. The Kier molecular flexibility index (Phi) is 5.92. The van der Waals surface area contributed by atoms with Crippen LogP contribution in [0.3, 0.4) is 0 Å². The van der Waals surface area contributed by atoms with Gasteiger partial charge < -0.3 is 5.32 Å². The lowest BCUT2D eigenvalue weighted by Crippen LogP contribution is -2.59. The molecule has 2 atom stereocenters. The second-order valence-electron chi connectivity index (χ2n) is 7.70. The molecule has 0 amide bonds. The molecule has 2 nitrogen and oxygen atoms in total. The van der Waals surface area contributed by atoms with Crippen LogP contribution in [0.1, 0.15) is 79.1 Å². The molecule has 0 aromatic carbocycles. The maximum atomic E-state index is 3.91. The van der Waals surface area contributed by atoms with Gasteiger partial charge in [0.05, 0.1) is 0 Å². The topological polar surface area (TPSA) is 15.3 Å². The monoisotopic (exact) mass is 280 g/mol. The zero-order chi connectivity index (χ0) is 14.6. The van der Waals surface area contributed by atoms with Crippen molar-refractivity contribution in [3.63, 3.8) is 0 Å². The summed E-state index contributed by atoms with van der Waals surface area (Å²) >= 11 is 0. The molecule has 0 aromatic rings. The summed E-state index contributed by atoms with van der Waals surface area (Å²) in [6, 6.07) is 2.38. The number of nitrogens with zero attached hydrogens (tertiary/aromatic N) is 1. The predicted octanol–water partition coefficient (Wildman–Crippen LogP) is 4.20. The molecule has 0 radical (unpaired) electrons. The summed E-state index contributed by atoms with van der Waals surface area (Å²) in [5.41, 5.74) is 0.456. The van der Waals surface area contributed by atoms with Crippen molar-refractivity contribution in [3.05, 3.63) is 0 Å². The first-order valence-corrected chi connectivity index (χ1v) is 9.09. The molecule has 2 aliphatic carbocycles. The molecule has 2 fully saturated rings. The van der Waals surface area contributed by atoms with Crippen LogP contribution in [0, 0.1) is 5.41 Å². The summed E-state index contributed by atoms with van der Waals surface area (Å²) in [4.78, 5) is 2.89. The van der Waals surface area contributed by atoms with Gasteiger partial charge in [-0.2, -0.15) is 0 Å². The second kappa shape index (κ2) is 7.26. The molecule has 2 aliphatic rings. The Morgan fingerprint density at radius 1 is 1.10 bits per heavy atom. The molecule has 2 heteroatoms. The molecule has 0 aliphatic heterocycles. The van der Waals surface area contributed by atoms with E-state index in [1.54, 1.807) is 0 Å². The van der Waals surface area contributed by atoms with E-state index in [-0.39, 0.29) is 0 Å². The van der Waals surface area contributed by atoms with Crippen LogP contribution in [0.15, 0.2) is 0 Å². The molecular formula is C18H36N2. The summed E-state index contributed by atoms with van der Waals surface area (Å²) < 4.78 is 0. The van der Waals surface area contributed by atoms with Gasteiger partial charge in [-0.05, 0) is 57.0 Å². The SMILES string of the molecule is CCCCN(C1CC1)C1CCCC(C)(C)C1NCCC. The lowest BCUT2D eigenvalue weighted by molar-refractivity contribution is 0.0425. The van der Waals surface area contributed by atoms with Crippen LogP contribution >= 0.6 is 0 Å². The zero-order valence-corrected chi connectivity index (χ0v) is 14.3. The third-order valence-corrected chi connectivity index (χ3v) is 5.37. The lowest BCUT2D eigenvalue weighted by atomic mass is 9.70. The third kappa shape index (κ3) is 3.98. The number of nitrogens with one attached hydrogen (secondary N) is 1. The highest BCUT2D eigenvalue weighted by atomic mass is 15.2. The van der Waals surface area contributed by atoms with E-state index < -0.39 is 0 Å². The smallest absolute Gasteiger partial charge is 0.0274 e. The number of rotatable bonds is 8. The first-order chi connectivity index (χ1) is 9.60. The van der Waals surface area contributed by atoms with Crippen molar-refractivity contribution in [2.24, 2.45) is 5.41 Å². The van der Waals surface area contributed by atoms with Crippen LogP contribution in [-0.2, 0) is 0 Å². The Balaban J connectivity index is 2.07. The molecule has 0 heterocycles. The van der Waals surface area contributed by atoms with Crippen molar-refractivity contribution in [1.82, 2.24) is 10.2 Å². The van der Waals surface area contributed by atoms with Crippen LogP contribution in [0.25, 0.3) is 0 Å². The average molecular weight is 280 g/mol. The van der Waals surface area contributed by atoms with Gasteiger partial charge in [0.15, 0.2) is 0 Å². The summed E-state index contributed by atoms with van der Waals surface area (Å²) in [5, 5.41) is 3.91. The van der Waals surface area contributed by atoms with Crippen LogP contribution in [0.4, 0.5) is 0 Å². The predicted molar refractivity (Wildman–Crippen MR) is 88.1 cm³/mol. The fourth-order valence-corrected chi connectivity index (χ4v) is 4.05. The molecule has 2 unspecified atom stereocenters. The van der Waals surface area contributed by atoms with Gasteiger partial charge >= 0.3 is 0 Å². The minimum atomic E-state index is 0.456. The molecule has 118 valence electrons. The number of hydrogen-bond donors (Lipinski definition) is 1. The van der Waals surface area contributed by atoms with Gasteiger partial charge in [0, 0.05) is 18.1 Å². The van der Waals surface area contributed by atoms with Gasteiger partial charge in [-0.15, -0.1) is 0 Å². The quantitative estimate of drug-likeness (QED) is 0.717. The molecule has 0 aromatic heterocycles. The fourth-order valence-electron chi connectivity index (χ4n) is 4.05. The van der Waals surface area contributed by atoms with Crippen LogP contribution in [0.2, 0.25) is 0 Å². The Morgan fingerprint density at radius 2 is 1.85 bits per heavy atom. The molecule has 1 N–H and O–H groups in total. The van der Waals surface area contributed by atoms with E-state index >= 15 is 0 Å². The van der Waals surface area contributed by atoms with Crippen LogP contribution < -0.4 is 5.32 Å². The Hall–Kier alpha value is -0.0800. The lowest BCUT2D eigenvalue weighted by Gasteiger charge is -2.49. The van der Waals surface area contributed by atoms with Crippen LogP contribution in [0.5, 0.6) is 0 Å². The summed E-state index contributed by atoms with van der Waals surface area (Å²) in [6.07, 6.45) is 11.0. The molecular weight excluding hydrogens is 244 g/mol. The maximum absolute atomic E-state index is 3.91. The van der Waals surface area contributed by atoms with Gasteiger partial charge in [0.1, 0.15) is 0 Å². The summed E-state index contributed by atoms with van der Waals surface area (Å²) in [7, 11) is 0. The third-order valence-electron chi connectivity index (χ3n) is 5.37. The number of unbranched alkanes of at least 4 members (excludes halogenated alkanes) is 1. The average Bonchev–Trinajstić information content (AvgIpc) is 3.22. The molecule has 2 rings (SSSR count). The van der Waals surface area contributed by atoms with Crippen molar-refractivity contribution in [1.29, 1.82) is 0 Å². The van der Waals surface area contributed by atoms with E-state index in [1.165, 1.54) is 64.5 Å². The summed E-state index contributed by atoms with van der Waals surface area (Å²) in [5.74, 6) is 0. The Morgan fingerprint density at radius 3 is 2.45 bits per heavy atom. The van der Waals surface area contributed by atoms with Gasteiger partial charge in [0.25, 0.3) is 0 Å². The first kappa shape index (κ1) is 16.3. The van der Waals surface area contributed by atoms with Gasteiger partial charge in [-0.1, -0.05) is 40.5 Å². The molecule has 20 heavy (non-hydrogen) atoms. The van der Waals surface area contributed by atoms with Crippen molar-refractivity contribution < 1.29 is 0 Å². The summed E-state index contributed by atoms with van der Waals surface area (Å²) in [6.45, 7) is 12.1. The van der Waals surface area contributed by atoms with Crippen molar-refractivity contribution >= 4 is 0 Å². The van der Waals surface area contributed by atoms with Gasteiger partial charge in [-0.25, -0.2) is 0 Å². The van der Waals surface area contributed by atoms with Crippen molar-refractivity contribution in [3.8, 4) is 0 Å². The molecule has 0 saturated heterocycles. The van der Waals surface area contributed by atoms with E-state index in [9.17, 15) is 0 Å². The van der Waals surface area contributed by atoms with E-state index in [4.69, 9.17) is 0 Å². The van der Waals surface area contributed by atoms with Gasteiger partial charge in [0.2, 0.25) is 0 Å². The van der Waals surface area contributed by atoms with Crippen LogP contribution in [-0.4, -0.2) is 36.1 Å². The standard InChI is InChI=1S/C18H36N2/c1-5-7-14-20(15-10-11-15)16-9-8-12-18(3,4)17(16)19-13-6-2/h15-17,19H,5-14H2,1-4H3. The largest absolute Gasteiger partial charge is 0.312 e. The Labute approximate surface area is 126 Å². The molecule has 0 spiro atoms. The highest BCUT2D eigenvalue weighted by molar-refractivity contribution is 5.01. The van der Waals surface area contributed by atoms with E-state index in [2.05, 4.69) is 37.9 Å². The first-order valence-electron chi connectivity index (χ1n) is 9.09. The van der Waals surface area contributed by atoms with Crippen molar-refractivity contribution in [2.75, 3.05) is 13.1 Å². The number of hydrogen-bond acceptors (Lipinski definition) is 2. The van der Waals surface area contributed by atoms with Crippen molar-refractivity contribution in [2.45, 2.75) is 97.2 Å². The zero-order valence-electron chi connectivity index (χ0n) is 14.3. The van der Waals surface area contributed by atoms with Gasteiger partial charge in [-0.3, -0.25) is 4.90 Å². The second-order valence-corrected chi connectivity index (χ2v) is 7.70. The highest BCUT2D eigenvalue weighted by Crippen LogP contribution is 2.41. The normalized spacial score (nSPS) is 29.9. The van der Waals surface area contributed by atoms with E-state index in [1.807, 2.05) is 0 Å².